The molecule has 2 aromatic carbocycles. The van der Waals surface area contributed by atoms with E-state index in [1.807, 2.05) is 31.2 Å². The van der Waals surface area contributed by atoms with E-state index >= 15 is 0 Å². The van der Waals surface area contributed by atoms with Crippen molar-refractivity contribution >= 4 is 21.6 Å². The predicted molar refractivity (Wildman–Crippen MR) is 121 cm³/mol. The molecule has 0 bridgehead atoms. The standard InChI is InChI=1S/C22H24N4O5S/c1-2-31-18-9-5-16(6-10-18)20-13-14-22(28)26(25-20)15-3-4-21(27)24-17-7-11-19(12-8-17)32(23,29)30/h5-14H,2-4,15H2,1H3,(H,24,27)(H2,23,29,30). The third kappa shape index (κ3) is 6.25. The molecule has 0 aliphatic carbocycles. The van der Waals surface area contributed by atoms with E-state index in [1.165, 1.54) is 35.0 Å². The van der Waals surface area contributed by atoms with Crippen molar-refractivity contribution < 1.29 is 17.9 Å². The average molecular weight is 457 g/mol. The average Bonchev–Trinajstić information content (AvgIpc) is 2.76. The summed E-state index contributed by atoms with van der Waals surface area (Å²) in [6.45, 7) is 2.77. The number of amides is 1. The molecule has 3 rings (SSSR count). The van der Waals surface area contributed by atoms with E-state index in [1.54, 1.807) is 6.07 Å². The highest BCUT2D eigenvalue weighted by Crippen LogP contribution is 2.20. The topological polar surface area (TPSA) is 133 Å². The number of carbonyl (C=O) groups excluding carboxylic acids is 1. The third-order valence-corrected chi connectivity index (χ3v) is 5.50. The van der Waals surface area contributed by atoms with Gasteiger partial charge in [0.05, 0.1) is 17.2 Å². The fraction of sp³-hybridized carbons (Fsp3) is 0.227. The molecule has 3 aromatic rings. The van der Waals surface area contributed by atoms with Gasteiger partial charge in [-0.2, -0.15) is 5.10 Å². The maximum Gasteiger partial charge on any atom is 0.266 e. The van der Waals surface area contributed by atoms with Crippen LogP contribution in [0.2, 0.25) is 0 Å². The Bertz CT molecular complexity index is 1240. The van der Waals surface area contributed by atoms with Crippen molar-refractivity contribution in [1.29, 1.82) is 0 Å². The van der Waals surface area contributed by atoms with Crippen molar-refractivity contribution in [3.63, 3.8) is 0 Å². The lowest BCUT2D eigenvalue weighted by Gasteiger charge is -2.09. The van der Waals surface area contributed by atoms with Crippen LogP contribution in [0.3, 0.4) is 0 Å². The molecule has 0 radical (unpaired) electrons. The molecule has 1 aromatic heterocycles. The van der Waals surface area contributed by atoms with Gasteiger partial charge in [-0.1, -0.05) is 0 Å². The molecule has 1 amide bonds. The highest BCUT2D eigenvalue weighted by atomic mass is 32.2. The molecule has 9 nitrogen and oxygen atoms in total. The Hall–Kier alpha value is -3.50. The smallest absolute Gasteiger partial charge is 0.266 e. The van der Waals surface area contributed by atoms with Crippen molar-refractivity contribution in [2.75, 3.05) is 11.9 Å². The molecule has 0 fully saturated rings. The Kier molecular flexibility index (Phi) is 7.39. The number of aryl methyl sites for hydroxylation is 1. The molecule has 0 spiro atoms. The van der Waals surface area contributed by atoms with Crippen LogP contribution in [-0.2, 0) is 21.4 Å². The number of hydrogen-bond acceptors (Lipinski definition) is 6. The van der Waals surface area contributed by atoms with E-state index in [-0.39, 0.29) is 29.3 Å². The van der Waals surface area contributed by atoms with E-state index in [4.69, 9.17) is 9.88 Å². The largest absolute Gasteiger partial charge is 0.494 e. The van der Waals surface area contributed by atoms with Gasteiger partial charge in [0.15, 0.2) is 0 Å². The SMILES string of the molecule is CCOc1ccc(-c2ccc(=O)n(CCCC(=O)Nc3ccc(S(N)(=O)=O)cc3)n2)cc1. The monoisotopic (exact) mass is 456 g/mol. The number of sulfonamides is 1. The van der Waals surface area contributed by atoms with E-state index in [2.05, 4.69) is 10.4 Å². The number of anilines is 1. The van der Waals surface area contributed by atoms with Gasteiger partial charge in [0, 0.05) is 30.3 Å². The van der Waals surface area contributed by atoms with Crippen LogP contribution in [0.1, 0.15) is 19.8 Å². The number of benzene rings is 2. The van der Waals surface area contributed by atoms with Gasteiger partial charge in [0.2, 0.25) is 15.9 Å². The maximum atomic E-state index is 12.2. The molecule has 0 atom stereocenters. The molecular formula is C22H24N4O5S. The molecule has 3 N–H and O–H groups in total. The summed E-state index contributed by atoms with van der Waals surface area (Å²) in [7, 11) is -3.78. The maximum absolute atomic E-state index is 12.2. The van der Waals surface area contributed by atoms with Gasteiger partial charge >= 0.3 is 0 Å². The zero-order chi connectivity index (χ0) is 23.1. The quantitative estimate of drug-likeness (QED) is 0.508. The van der Waals surface area contributed by atoms with Crippen LogP contribution < -0.4 is 20.8 Å². The van der Waals surface area contributed by atoms with Crippen molar-refractivity contribution in [3.8, 4) is 17.0 Å². The number of nitrogens with one attached hydrogen (secondary N) is 1. The summed E-state index contributed by atoms with van der Waals surface area (Å²) in [4.78, 5) is 24.3. The van der Waals surface area contributed by atoms with Crippen molar-refractivity contribution in [2.24, 2.45) is 5.14 Å². The lowest BCUT2D eigenvalue weighted by Crippen LogP contribution is -2.23. The summed E-state index contributed by atoms with van der Waals surface area (Å²) in [5, 5.41) is 12.1. The first-order valence-corrected chi connectivity index (χ1v) is 11.5. The van der Waals surface area contributed by atoms with Gasteiger partial charge in [0.1, 0.15) is 5.75 Å². The second-order valence-corrected chi connectivity index (χ2v) is 8.52. The molecule has 0 aliphatic rings. The van der Waals surface area contributed by atoms with Gasteiger partial charge in [-0.05, 0) is 67.9 Å². The molecule has 0 unspecified atom stereocenters. The minimum atomic E-state index is -3.78. The van der Waals surface area contributed by atoms with Gasteiger partial charge in [0.25, 0.3) is 5.56 Å². The van der Waals surface area contributed by atoms with Crippen LogP contribution >= 0.6 is 0 Å². The number of nitrogens with two attached hydrogens (primary N) is 1. The van der Waals surface area contributed by atoms with E-state index in [0.29, 0.717) is 24.4 Å². The second kappa shape index (κ2) is 10.2. The van der Waals surface area contributed by atoms with Crippen molar-refractivity contribution in [2.45, 2.75) is 31.2 Å². The summed E-state index contributed by atoms with van der Waals surface area (Å²) in [6.07, 6.45) is 0.569. The van der Waals surface area contributed by atoms with Crippen LogP contribution in [0.25, 0.3) is 11.3 Å². The van der Waals surface area contributed by atoms with Gasteiger partial charge < -0.3 is 10.1 Å². The Morgan fingerprint density at radius 3 is 2.38 bits per heavy atom. The Morgan fingerprint density at radius 2 is 1.75 bits per heavy atom. The van der Waals surface area contributed by atoms with E-state index in [0.717, 1.165) is 11.3 Å². The first-order valence-electron chi connectivity index (χ1n) is 10.0. The molecule has 10 heteroatoms. The summed E-state index contributed by atoms with van der Waals surface area (Å²) in [6, 6.07) is 16.1. The molecule has 168 valence electrons. The summed E-state index contributed by atoms with van der Waals surface area (Å²) in [5.74, 6) is 0.499. The highest BCUT2D eigenvalue weighted by molar-refractivity contribution is 7.89. The number of hydrogen-bond donors (Lipinski definition) is 2. The second-order valence-electron chi connectivity index (χ2n) is 6.96. The van der Waals surface area contributed by atoms with Gasteiger partial charge in [-0.3, -0.25) is 9.59 Å². The van der Waals surface area contributed by atoms with Crippen LogP contribution in [-0.4, -0.2) is 30.7 Å². The minimum absolute atomic E-state index is 0.0339. The van der Waals surface area contributed by atoms with Crippen molar-refractivity contribution in [3.05, 3.63) is 71.0 Å². The number of carbonyl (C=O) groups is 1. The van der Waals surface area contributed by atoms with Crippen LogP contribution in [0.4, 0.5) is 5.69 Å². The molecular weight excluding hydrogens is 432 g/mol. The van der Waals surface area contributed by atoms with Crippen molar-refractivity contribution in [1.82, 2.24) is 9.78 Å². The number of aromatic nitrogens is 2. The number of nitrogens with zero attached hydrogens (tertiary/aromatic N) is 2. The van der Waals surface area contributed by atoms with Crippen LogP contribution in [0.15, 0.2) is 70.4 Å². The van der Waals surface area contributed by atoms with E-state index in [9.17, 15) is 18.0 Å². The number of ether oxygens (including phenoxy) is 1. The Morgan fingerprint density at radius 1 is 1.06 bits per heavy atom. The molecule has 0 aliphatic heterocycles. The molecule has 0 saturated heterocycles. The first-order chi connectivity index (χ1) is 15.3. The zero-order valence-corrected chi connectivity index (χ0v) is 18.3. The fourth-order valence-electron chi connectivity index (χ4n) is 2.99. The molecule has 0 saturated carbocycles. The zero-order valence-electron chi connectivity index (χ0n) is 17.5. The normalized spacial score (nSPS) is 11.2. The Labute approximate surface area is 185 Å². The summed E-state index contributed by atoms with van der Waals surface area (Å²) < 4.78 is 29.3. The molecule has 32 heavy (non-hydrogen) atoms. The fourth-order valence-corrected chi connectivity index (χ4v) is 3.51. The minimum Gasteiger partial charge on any atom is -0.494 e. The lowest BCUT2D eigenvalue weighted by atomic mass is 10.1. The Balaban J connectivity index is 1.57. The van der Waals surface area contributed by atoms with E-state index < -0.39 is 10.0 Å². The summed E-state index contributed by atoms with van der Waals surface area (Å²) >= 11 is 0. The highest BCUT2D eigenvalue weighted by Gasteiger charge is 2.09. The lowest BCUT2D eigenvalue weighted by molar-refractivity contribution is -0.116. The van der Waals surface area contributed by atoms with Crippen LogP contribution in [0.5, 0.6) is 5.75 Å². The number of rotatable bonds is 9. The van der Waals surface area contributed by atoms with Crippen LogP contribution in [0, 0.1) is 0 Å². The number of primary sulfonamides is 1. The predicted octanol–water partition coefficient (Wildman–Crippen LogP) is 2.38. The van der Waals surface area contributed by atoms with Gasteiger partial charge in [-0.15, -0.1) is 0 Å². The van der Waals surface area contributed by atoms with Gasteiger partial charge in [-0.25, -0.2) is 18.2 Å². The molecule has 1 heterocycles. The summed E-state index contributed by atoms with van der Waals surface area (Å²) in [5.41, 5.74) is 1.70. The third-order valence-electron chi connectivity index (χ3n) is 4.57. The first kappa shape index (κ1) is 23.2.